The number of nitrogens with two attached hydrogens (primary N) is 2. The molecule has 0 fully saturated rings. The van der Waals surface area contributed by atoms with Gasteiger partial charge in [0.2, 0.25) is 0 Å². The third-order valence-electron chi connectivity index (χ3n) is 4.65. The summed E-state index contributed by atoms with van der Waals surface area (Å²) >= 11 is 0. The van der Waals surface area contributed by atoms with Crippen LogP contribution in [0.15, 0.2) is 103 Å². The lowest BCUT2D eigenvalue weighted by Gasteiger charge is -2.25. The molecule has 0 aliphatic carbocycles. The van der Waals surface area contributed by atoms with E-state index < -0.39 is 0 Å². The number of benzene rings is 4. The summed E-state index contributed by atoms with van der Waals surface area (Å²) in [7, 11) is 0. The molecule has 0 heterocycles. The Morgan fingerprint density at radius 1 is 0.633 bits per heavy atom. The number of para-hydroxylation sites is 2. The molecule has 0 unspecified atom stereocenters. The van der Waals surface area contributed by atoms with Gasteiger partial charge in [-0.05, 0) is 66.7 Å². The van der Waals surface area contributed by atoms with Crippen LogP contribution in [0, 0.1) is 0 Å². The minimum Gasteiger partial charge on any atom is -0.399 e. The fraction of sp³-hybridized carbons (Fsp3) is 0. The highest BCUT2D eigenvalue weighted by Crippen LogP contribution is 2.34. The van der Waals surface area contributed by atoms with Crippen LogP contribution in [0.2, 0.25) is 0 Å². The van der Waals surface area contributed by atoms with E-state index in [0.29, 0.717) is 22.6 Å². The topological polar surface area (TPSA) is 84.4 Å². The summed E-state index contributed by atoms with van der Waals surface area (Å²) in [6.45, 7) is 0. The monoisotopic (exact) mass is 394 g/mol. The van der Waals surface area contributed by atoms with Gasteiger partial charge in [-0.25, -0.2) is 0 Å². The van der Waals surface area contributed by atoms with Gasteiger partial charge in [-0.15, -0.1) is 0 Å². The van der Waals surface area contributed by atoms with E-state index in [9.17, 15) is 4.79 Å². The van der Waals surface area contributed by atoms with Crippen LogP contribution in [-0.2, 0) is 0 Å². The number of carbonyl (C=O) groups is 1. The minimum absolute atomic E-state index is 0.260. The van der Waals surface area contributed by atoms with E-state index in [1.165, 1.54) is 0 Å². The van der Waals surface area contributed by atoms with E-state index in [1.54, 1.807) is 18.2 Å². The van der Waals surface area contributed by atoms with Crippen molar-refractivity contribution in [3.8, 4) is 0 Å². The van der Waals surface area contributed by atoms with Crippen molar-refractivity contribution in [1.82, 2.24) is 0 Å². The average molecular weight is 394 g/mol. The van der Waals surface area contributed by atoms with Gasteiger partial charge in [-0.1, -0.05) is 36.4 Å². The van der Waals surface area contributed by atoms with E-state index in [-0.39, 0.29) is 5.91 Å². The molecule has 1 amide bonds. The first-order chi connectivity index (χ1) is 14.6. The molecule has 0 aromatic heterocycles. The van der Waals surface area contributed by atoms with Crippen LogP contribution >= 0.6 is 0 Å². The van der Waals surface area contributed by atoms with Gasteiger partial charge in [0.25, 0.3) is 5.91 Å². The quantitative estimate of drug-likeness (QED) is 0.386. The lowest BCUT2D eigenvalue weighted by molar-refractivity contribution is 0.102. The predicted octanol–water partition coefficient (Wildman–Crippen LogP) is 5.57. The molecule has 0 saturated carbocycles. The lowest BCUT2D eigenvalue weighted by Crippen LogP contribution is -2.13. The number of amides is 1. The Morgan fingerprint density at radius 3 is 1.60 bits per heavy atom. The van der Waals surface area contributed by atoms with Crippen LogP contribution in [-0.4, -0.2) is 5.91 Å². The molecule has 0 radical (unpaired) electrons. The summed E-state index contributed by atoms with van der Waals surface area (Å²) in [6.07, 6.45) is 0. The van der Waals surface area contributed by atoms with Crippen molar-refractivity contribution in [1.29, 1.82) is 0 Å². The molecule has 5 nitrogen and oxygen atoms in total. The molecule has 0 aliphatic rings. The van der Waals surface area contributed by atoms with Gasteiger partial charge in [0.1, 0.15) is 0 Å². The molecule has 0 saturated heterocycles. The molecule has 4 aromatic carbocycles. The second-order valence-corrected chi connectivity index (χ2v) is 6.90. The molecule has 4 rings (SSSR count). The molecular formula is C25H22N4O. The summed E-state index contributed by atoms with van der Waals surface area (Å²) in [4.78, 5) is 14.7. The van der Waals surface area contributed by atoms with Crippen molar-refractivity contribution >= 4 is 40.0 Å². The standard InChI is InChI=1S/C25H22N4O/c26-19-15-18(16-20(27)17-19)25(30)28-21-11-13-24(14-12-21)29(22-7-3-1-4-8-22)23-9-5-2-6-10-23/h1-17H,26-27H2,(H,28,30). The van der Waals surface area contributed by atoms with Crippen LogP contribution < -0.4 is 21.7 Å². The van der Waals surface area contributed by atoms with Crippen LogP contribution in [0.1, 0.15) is 10.4 Å². The zero-order chi connectivity index (χ0) is 20.9. The number of hydrogen-bond acceptors (Lipinski definition) is 4. The average Bonchev–Trinajstić information content (AvgIpc) is 2.76. The number of nitrogens with zero attached hydrogens (tertiary/aromatic N) is 1. The zero-order valence-electron chi connectivity index (χ0n) is 16.3. The largest absolute Gasteiger partial charge is 0.399 e. The first kappa shape index (κ1) is 19.1. The van der Waals surface area contributed by atoms with Crippen molar-refractivity contribution < 1.29 is 4.79 Å². The fourth-order valence-electron chi connectivity index (χ4n) is 3.31. The van der Waals surface area contributed by atoms with Crippen LogP contribution in [0.25, 0.3) is 0 Å². The third kappa shape index (κ3) is 4.25. The first-order valence-electron chi connectivity index (χ1n) is 9.58. The van der Waals surface area contributed by atoms with Crippen molar-refractivity contribution in [2.75, 3.05) is 21.7 Å². The Labute approximate surface area is 175 Å². The highest BCUT2D eigenvalue weighted by atomic mass is 16.1. The Balaban J connectivity index is 1.60. The Hall–Kier alpha value is -4.25. The predicted molar refractivity (Wildman–Crippen MR) is 124 cm³/mol. The van der Waals surface area contributed by atoms with Crippen molar-refractivity contribution in [3.05, 3.63) is 109 Å². The Bertz CT molecular complexity index is 1080. The van der Waals surface area contributed by atoms with Gasteiger partial charge in [0, 0.05) is 39.7 Å². The molecule has 0 atom stereocenters. The molecule has 4 aromatic rings. The van der Waals surface area contributed by atoms with Crippen LogP contribution in [0.4, 0.5) is 34.1 Å². The molecule has 5 heteroatoms. The SMILES string of the molecule is Nc1cc(N)cc(C(=O)Nc2ccc(N(c3ccccc3)c3ccccc3)cc2)c1. The smallest absolute Gasteiger partial charge is 0.255 e. The van der Waals surface area contributed by atoms with Gasteiger partial charge in [0.15, 0.2) is 0 Å². The number of hydrogen-bond donors (Lipinski definition) is 3. The zero-order valence-corrected chi connectivity index (χ0v) is 16.3. The highest BCUT2D eigenvalue weighted by Gasteiger charge is 2.12. The first-order valence-corrected chi connectivity index (χ1v) is 9.58. The maximum absolute atomic E-state index is 12.5. The lowest BCUT2D eigenvalue weighted by atomic mass is 10.1. The maximum atomic E-state index is 12.5. The molecule has 30 heavy (non-hydrogen) atoms. The fourth-order valence-corrected chi connectivity index (χ4v) is 3.31. The second-order valence-electron chi connectivity index (χ2n) is 6.90. The van der Waals surface area contributed by atoms with Crippen LogP contribution in [0.3, 0.4) is 0 Å². The van der Waals surface area contributed by atoms with Crippen molar-refractivity contribution in [2.24, 2.45) is 0 Å². The molecule has 0 bridgehead atoms. The third-order valence-corrected chi connectivity index (χ3v) is 4.65. The van der Waals surface area contributed by atoms with Crippen molar-refractivity contribution in [2.45, 2.75) is 0 Å². The van der Waals surface area contributed by atoms with Crippen LogP contribution in [0.5, 0.6) is 0 Å². The maximum Gasteiger partial charge on any atom is 0.255 e. The van der Waals surface area contributed by atoms with Gasteiger partial charge in [-0.3, -0.25) is 4.79 Å². The summed E-state index contributed by atoms with van der Waals surface area (Å²) in [6, 6.07) is 32.8. The highest BCUT2D eigenvalue weighted by molar-refractivity contribution is 6.05. The number of rotatable bonds is 5. The Morgan fingerprint density at radius 2 is 1.10 bits per heavy atom. The van der Waals surface area contributed by atoms with Gasteiger partial charge in [-0.2, -0.15) is 0 Å². The van der Waals surface area contributed by atoms with Gasteiger partial charge in [0.05, 0.1) is 0 Å². The number of carbonyl (C=O) groups excluding carboxylic acids is 1. The van der Waals surface area contributed by atoms with Gasteiger partial charge < -0.3 is 21.7 Å². The summed E-state index contributed by atoms with van der Waals surface area (Å²) in [5, 5.41) is 2.89. The molecular weight excluding hydrogens is 372 g/mol. The Kier molecular flexibility index (Phi) is 5.35. The number of nitrogen functional groups attached to an aromatic ring is 2. The summed E-state index contributed by atoms with van der Waals surface area (Å²) in [5.74, 6) is -0.260. The van der Waals surface area contributed by atoms with E-state index in [2.05, 4.69) is 34.5 Å². The van der Waals surface area contributed by atoms with E-state index in [0.717, 1.165) is 17.1 Å². The van der Waals surface area contributed by atoms with E-state index >= 15 is 0 Å². The van der Waals surface area contributed by atoms with E-state index in [1.807, 2.05) is 60.7 Å². The molecule has 0 aliphatic heterocycles. The molecule has 0 spiro atoms. The minimum atomic E-state index is -0.260. The van der Waals surface area contributed by atoms with Gasteiger partial charge >= 0.3 is 0 Å². The molecule has 148 valence electrons. The number of nitrogens with one attached hydrogen (secondary N) is 1. The van der Waals surface area contributed by atoms with Crippen molar-refractivity contribution in [3.63, 3.8) is 0 Å². The molecule has 5 N–H and O–H groups in total. The number of anilines is 6. The van der Waals surface area contributed by atoms with E-state index in [4.69, 9.17) is 11.5 Å². The normalized spacial score (nSPS) is 10.4. The summed E-state index contributed by atoms with van der Waals surface area (Å²) < 4.78 is 0. The summed E-state index contributed by atoms with van der Waals surface area (Å²) in [5.41, 5.74) is 16.7. The second kappa shape index (κ2) is 8.41.